The van der Waals surface area contributed by atoms with E-state index in [9.17, 15) is 18.4 Å². The number of rotatable bonds is 3. The minimum Gasteiger partial charge on any atom is -0.354 e. The van der Waals surface area contributed by atoms with Crippen molar-refractivity contribution >= 4 is 22.3 Å². The van der Waals surface area contributed by atoms with Crippen LogP contribution in [-0.4, -0.2) is 4.98 Å². The van der Waals surface area contributed by atoms with Gasteiger partial charge in [0.1, 0.15) is 6.07 Å². The first-order valence-corrected chi connectivity index (χ1v) is 7.68. The van der Waals surface area contributed by atoms with Gasteiger partial charge in [-0.15, -0.1) is 0 Å². The Balaban J connectivity index is 2.13. The molecule has 3 rings (SSSR count). The van der Waals surface area contributed by atoms with Gasteiger partial charge in [-0.3, -0.25) is 4.98 Å². The first-order chi connectivity index (χ1) is 11.9. The van der Waals surface area contributed by atoms with Gasteiger partial charge in [0, 0.05) is 17.3 Å². The number of hydrogen-bond donors (Lipinski definition) is 1. The van der Waals surface area contributed by atoms with Crippen LogP contribution in [0.5, 0.6) is 0 Å². The zero-order chi connectivity index (χ0) is 18.0. The summed E-state index contributed by atoms with van der Waals surface area (Å²) in [6, 6.07) is 12.6. The zero-order valence-corrected chi connectivity index (χ0v) is 13.4. The fraction of sp³-hybridized carbons (Fsp3) is 0.158. The van der Waals surface area contributed by atoms with Crippen molar-refractivity contribution in [3.05, 3.63) is 65.4 Å². The van der Waals surface area contributed by atoms with E-state index in [2.05, 4.69) is 10.3 Å². The Morgan fingerprint density at radius 3 is 2.64 bits per heavy atom. The van der Waals surface area contributed by atoms with Crippen molar-refractivity contribution < 1.29 is 13.2 Å². The normalized spacial score (nSPS) is 11.3. The van der Waals surface area contributed by atoms with E-state index in [0.717, 1.165) is 24.1 Å². The molecule has 126 valence electrons. The molecule has 1 N–H and O–H groups in total. The average molecular weight is 341 g/mol. The third kappa shape index (κ3) is 3.41. The topological polar surface area (TPSA) is 48.7 Å². The highest BCUT2D eigenvalue weighted by molar-refractivity contribution is 5.96. The third-order valence-electron chi connectivity index (χ3n) is 3.92. The van der Waals surface area contributed by atoms with Crippen LogP contribution in [0.4, 0.5) is 24.5 Å². The molecule has 2 aromatic carbocycles. The van der Waals surface area contributed by atoms with Gasteiger partial charge in [-0.25, -0.2) is 0 Å². The molecule has 0 atom stereocenters. The van der Waals surface area contributed by atoms with Gasteiger partial charge in [0.25, 0.3) is 0 Å². The number of aromatic nitrogens is 1. The Kier molecular flexibility index (Phi) is 4.32. The van der Waals surface area contributed by atoms with Crippen LogP contribution >= 0.6 is 0 Å². The molecule has 0 aliphatic carbocycles. The lowest BCUT2D eigenvalue weighted by atomic mass is 10.0. The summed E-state index contributed by atoms with van der Waals surface area (Å²) in [5, 5.41) is 13.0. The standard InChI is InChI=1S/C19H14F3N3/c1-2-12-6-7-17-16(8-12)18(13(10-23)11-24-17)25-15-5-3-4-14(9-15)19(20,21)22/h3-9,11H,2H2,1H3,(H,24,25). The van der Waals surface area contributed by atoms with Crippen LogP contribution in [0.25, 0.3) is 10.9 Å². The highest BCUT2D eigenvalue weighted by atomic mass is 19.4. The quantitative estimate of drug-likeness (QED) is 0.691. The van der Waals surface area contributed by atoms with Crippen molar-refractivity contribution in [3.8, 4) is 6.07 Å². The van der Waals surface area contributed by atoms with Crippen molar-refractivity contribution in [2.24, 2.45) is 0 Å². The predicted molar refractivity (Wildman–Crippen MR) is 90.6 cm³/mol. The molecule has 1 heterocycles. The van der Waals surface area contributed by atoms with Crippen LogP contribution in [0, 0.1) is 11.3 Å². The van der Waals surface area contributed by atoms with Gasteiger partial charge in [0.15, 0.2) is 0 Å². The number of pyridine rings is 1. The molecule has 0 aliphatic rings. The van der Waals surface area contributed by atoms with Crippen LogP contribution in [0.1, 0.15) is 23.6 Å². The first kappa shape index (κ1) is 16.8. The van der Waals surface area contributed by atoms with Gasteiger partial charge in [-0.1, -0.05) is 19.1 Å². The molecule has 0 amide bonds. The summed E-state index contributed by atoms with van der Waals surface area (Å²) in [5.74, 6) is 0. The highest BCUT2D eigenvalue weighted by Gasteiger charge is 2.30. The van der Waals surface area contributed by atoms with Crippen LogP contribution in [0.3, 0.4) is 0 Å². The van der Waals surface area contributed by atoms with E-state index in [-0.39, 0.29) is 11.3 Å². The van der Waals surface area contributed by atoms with Gasteiger partial charge >= 0.3 is 6.18 Å². The van der Waals surface area contributed by atoms with Gasteiger partial charge in [-0.2, -0.15) is 18.4 Å². The summed E-state index contributed by atoms with van der Waals surface area (Å²) in [4.78, 5) is 4.24. The van der Waals surface area contributed by atoms with E-state index in [1.165, 1.54) is 18.3 Å². The fourth-order valence-corrected chi connectivity index (χ4v) is 2.60. The van der Waals surface area contributed by atoms with Crippen molar-refractivity contribution in [1.82, 2.24) is 4.98 Å². The zero-order valence-electron chi connectivity index (χ0n) is 13.4. The van der Waals surface area contributed by atoms with Crippen molar-refractivity contribution in [1.29, 1.82) is 5.26 Å². The van der Waals surface area contributed by atoms with Gasteiger partial charge in [0.05, 0.1) is 22.3 Å². The summed E-state index contributed by atoms with van der Waals surface area (Å²) in [7, 11) is 0. The number of benzene rings is 2. The van der Waals surface area contributed by atoms with Gasteiger partial charge in [-0.05, 0) is 42.3 Å². The number of fused-ring (bicyclic) bond motifs is 1. The van der Waals surface area contributed by atoms with E-state index in [1.54, 1.807) is 0 Å². The third-order valence-corrected chi connectivity index (χ3v) is 3.92. The summed E-state index contributed by atoms with van der Waals surface area (Å²) in [6.07, 6.45) is -2.20. The molecule has 0 saturated carbocycles. The Hall–Kier alpha value is -3.07. The average Bonchev–Trinajstić information content (AvgIpc) is 2.61. The van der Waals surface area contributed by atoms with Gasteiger partial charge in [0.2, 0.25) is 0 Å². The number of anilines is 2. The Morgan fingerprint density at radius 1 is 1.16 bits per heavy atom. The van der Waals surface area contributed by atoms with Crippen LogP contribution in [0.15, 0.2) is 48.7 Å². The maximum Gasteiger partial charge on any atom is 0.416 e. The molecule has 6 heteroatoms. The predicted octanol–water partition coefficient (Wildman–Crippen LogP) is 5.43. The number of alkyl halides is 3. The second-order valence-electron chi connectivity index (χ2n) is 5.57. The van der Waals surface area contributed by atoms with E-state index in [1.807, 2.05) is 31.2 Å². The molecule has 25 heavy (non-hydrogen) atoms. The molecule has 0 bridgehead atoms. The minimum atomic E-state index is -4.43. The lowest BCUT2D eigenvalue weighted by Gasteiger charge is -2.14. The number of nitrogens with zero attached hydrogens (tertiary/aromatic N) is 2. The number of nitrogens with one attached hydrogen (secondary N) is 1. The molecule has 0 fully saturated rings. The van der Waals surface area contributed by atoms with Crippen molar-refractivity contribution in [2.75, 3.05) is 5.32 Å². The van der Waals surface area contributed by atoms with Gasteiger partial charge < -0.3 is 5.32 Å². The number of hydrogen-bond acceptors (Lipinski definition) is 3. The van der Waals surface area contributed by atoms with Crippen molar-refractivity contribution in [3.63, 3.8) is 0 Å². The minimum absolute atomic E-state index is 0.265. The Bertz CT molecular complexity index is 972. The second-order valence-corrected chi connectivity index (χ2v) is 5.57. The van der Waals surface area contributed by atoms with Crippen molar-refractivity contribution in [2.45, 2.75) is 19.5 Å². The molecule has 3 nitrogen and oxygen atoms in total. The number of nitriles is 1. The van der Waals surface area contributed by atoms with Crippen LogP contribution < -0.4 is 5.32 Å². The molecule has 0 spiro atoms. The first-order valence-electron chi connectivity index (χ1n) is 7.68. The Morgan fingerprint density at radius 2 is 1.96 bits per heavy atom. The summed E-state index contributed by atoms with van der Waals surface area (Å²) < 4.78 is 38.7. The molecule has 1 aromatic heterocycles. The molecular weight excluding hydrogens is 327 g/mol. The van der Waals surface area contributed by atoms with E-state index in [0.29, 0.717) is 16.6 Å². The lowest BCUT2D eigenvalue weighted by molar-refractivity contribution is -0.137. The molecule has 0 saturated heterocycles. The van der Waals surface area contributed by atoms with Crippen LogP contribution in [0.2, 0.25) is 0 Å². The number of halogens is 3. The lowest BCUT2D eigenvalue weighted by Crippen LogP contribution is -2.05. The monoisotopic (exact) mass is 341 g/mol. The fourth-order valence-electron chi connectivity index (χ4n) is 2.60. The van der Waals surface area contributed by atoms with E-state index in [4.69, 9.17) is 0 Å². The SMILES string of the molecule is CCc1ccc2ncc(C#N)c(Nc3cccc(C(F)(F)F)c3)c2c1. The summed E-state index contributed by atoms with van der Waals surface area (Å²) >= 11 is 0. The summed E-state index contributed by atoms with van der Waals surface area (Å²) in [5.41, 5.74) is 1.98. The summed E-state index contributed by atoms with van der Waals surface area (Å²) in [6.45, 7) is 2.00. The van der Waals surface area contributed by atoms with E-state index < -0.39 is 11.7 Å². The number of aryl methyl sites for hydroxylation is 1. The highest BCUT2D eigenvalue weighted by Crippen LogP contribution is 2.33. The second kappa shape index (κ2) is 6.44. The largest absolute Gasteiger partial charge is 0.416 e. The molecule has 3 aromatic rings. The maximum absolute atomic E-state index is 12.9. The Labute approximate surface area is 142 Å². The molecule has 0 radical (unpaired) electrons. The van der Waals surface area contributed by atoms with Crippen LogP contribution in [-0.2, 0) is 12.6 Å². The molecule has 0 aliphatic heterocycles. The molecular formula is C19H14F3N3. The van der Waals surface area contributed by atoms with E-state index >= 15 is 0 Å². The maximum atomic E-state index is 12.9. The molecule has 0 unspecified atom stereocenters. The smallest absolute Gasteiger partial charge is 0.354 e.